The van der Waals surface area contributed by atoms with Crippen LogP contribution in [0, 0.1) is 5.41 Å². The molecule has 1 unspecified atom stereocenters. The Balaban J connectivity index is 0. The molecule has 5 N–H and O–H groups in total. The number of rotatable bonds is 3. The smallest absolute Gasteiger partial charge is 0.333 e. The van der Waals surface area contributed by atoms with Crippen molar-refractivity contribution in [2.75, 3.05) is 6.61 Å². The summed E-state index contributed by atoms with van der Waals surface area (Å²) < 4.78 is 0. The minimum atomic E-state index is -1.50. The molecule has 0 radical (unpaired) electrons. The van der Waals surface area contributed by atoms with Crippen molar-refractivity contribution in [2.24, 2.45) is 5.41 Å². The number of carboxylic acid groups (broad SMARTS) is 1. The second-order valence-electron chi connectivity index (χ2n) is 2.89. The molecular formula is C6H14O5. The lowest BCUT2D eigenvalue weighted by molar-refractivity contribution is -0.154. The highest BCUT2D eigenvalue weighted by molar-refractivity contribution is 5.72. The average molecular weight is 166 g/mol. The highest BCUT2D eigenvalue weighted by atomic mass is 16.4. The first kappa shape index (κ1) is 13.0. The summed E-state index contributed by atoms with van der Waals surface area (Å²) in [5.41, 5.74) is -0.966. The van der Waals surface area contributed by atoms with Gasteiger partial charge < -0.3 is 20.8 Å². The van der Waals surface area contributed by atoms with Crippen molar-refractivity contribution < 1.29 is 25.6 Å². The Hall–Kier alpha value is -0.650. The van der Waals surface area contributed by atoms with Crippen molar-refractivity contribution in [3.63, 3.8) is 0 Å². The zero-order valence-corrected chi connectivity index (χ0v) is 6.53. The second-order valence-corrected chi connectivity index (χ2v) is 2.89. The maximum atomic E-state index is 10.1. The van der Waals surface area contributed by atoms with Crippen molar-refractivity contribution in [1.29, 1.82) is 0 Å². The minimum Gasteiger partial charge on any atom is -0.479 e. The summed E-state index contributed by atoms with van der Waals surface area (Å²) in [7, 11) is 0. The lowest BCUT2D eigenvalue weighted by Crippen LogP contribution is -2.38. The van der Waals surface area contributed by atoms with E-state index in [4.69, 9.17) is 15.3 Å². The van der Waals surface area contributed by atoms with Crippen LogP contribution in [0.4, 0.5) is 0 Å². The van der Waals surface area contributed by atoms with Crippen molar-refractivity contribution >= 4 is 5.97 Å². The van der Waals surface area contributed by atoms with Gasteiger partial charge in [0.15, 0.2) is 6.10 Å². The van der Waals surface area contributed by atoms with E-state index in [1.807, 2.05) is 0 Å². The van der Waals surface area contributed by atoms with Gasteiger partial charge in [-0.25, -0.2) is 4.79 Å². The van der Waals surface area contributed by atoms with Crippen LogP contribution >= 0.6 is 0 Å². The predicted octanol–water partition coefficient (Wildman–Crippen LogP) is -1.37. The fraction of sp³-hybridized carbons (Fsp3) is 0.833. The van der Waals surface area contributed by atoms with Crippen molar-refractivity contribution in [3.05, 3.63) is 0 Å². The summed E-state index contributed by atoms with van der Waals surface area (Å²) >= 11 is 0. The molecule has 0 rings (SSSR count). The SMILES string of the molecule is CC(C)(CO)C(O)C(=O)O.O. The van der Waals surface area contributed by atoms with Gasteiger partial charge in [0.1, 0.15) is 0 Å². The van der Waals surface area contributed by atoms with Crippen LogP contribution in [0.15, 0.2) is 0 Å². The Morgan fingerprint density at radius 1 is 1.55 bits per heavy atom. The third kappa shape index (κ3) is 3.31. The van der Waals surface area contributed by atoms with Crippen LogP contribution in [0.5, 0.6) is 0 Å². The number of aliphatic hydroxyl groups is 2. The molecule has 0 spiro atoms. The zero-order valence-electron chi connectivity index (χ0n) is 6.53. The fourth-order valence-electron chi connectivity index (χ4n) is 0.421. The first-order valence-corrected chi connectivity index (χ1v) is 2.93. The van der Waals surface area contributed by atoms with Gasteiger partial charge >= 0.3 is 5.97 Å². The molecule has 0 aromatic heterocycles. The van der Waals surface area contributed by atoms with E-state index in [0.717, 1.165) is 0 Å². The molecule has 1 atom stereocenters. The van der Waals surface area contributed by atoms with E-state index in [0.29, 0.717) is 0 Å². The van der Waals surface area contributed by atoms with E-state index < -0.39 is 17.5 Å². The van der Waals surface area contributed by atoms with Crippen molar-refractivity contribution in [2.45, 2.75) is 20.0 Å². The Morgan fingerprint density at radius 3 is 2.00 bits per heavy atom. The molecule has 0 aromatic rings. The van der Waals surface area contributed by atoms with Gasteiger partial charge in [0.05, 0.1) is 6.61 Å². The molecular weight excluding hydrogens is 152 g/mol. The van der Waals surface area contributed by atoms with Gasteiger partial charge in [-0.3, -0.25) is 0 Å². The van der Waals surface area contributed by atoms with Gasteiger partial charge in [-0.05, 0) is 0 Å². The van der Waals surface area contributed by atoms with Gasteiger partial charge in [-0.2, -0.15) is 0 Å². The number of hydrogen-bond acceptors (Lipinski definition) is 3. The summed E-state index contributed by atoms with van der Waals surface area (Å²) in [5.74, 6) is -1.31. The summed E-state index contributed by atoms with van der Waals surface area (Å²) in [6.45, 7) is 2.61. The summed E-state index contributed by atoms with van der Waals surface area (Å²) in [4.78, 5) is 10.1. The van der Waals surface area contributed by atoms with E-state index in [1.165, 1.54) is 13.8 Å². The van der Waals surface area contributed by atoms with Crippen molar-refractivity contribution in [1.82, 2.24) is 0 Å². The Kier molecular flexibility index (Phi) is 5.04. The van der Waals surface area contributed by atoms with E-state index in [-0.39, 0.29) is 12.1 Å². The minimum absolute atomic E-state index is 0. The molecule has 0 amide bonds. The van der Waals surface area contributed by atoms with Crippen LogP contribution in [0.1, 0.15) is 13.8 Å². The molecule has 68 valence electrons. The molecule has 0 heterocycles. The third-order valence-electron chi connectivity index (χ3n) is 1.38. The molecule has 5 heteroatoms. The van der Waals surface area contributed by atoms with Crippen LogP contribution in [0.25, 0.3) is 0 Å². The maximum Gasteiger partial charge on any atom is 0.333 e. The monoisotopic (exact) mass is 166 g/mol. The molecule has 0 aromatic carbocycles. The van der Waals surface area contributed by atoms with Gasteiger partial charge in [-0.1, -0.05) is 13.8 Å². The normalized spacial score (nSPS) is 13.5. The summed E-state index contributed by atoms with van der Waals surface area (Å²) in [6, 6.07) is 0. The average Bonchev–Trinajstić information content (AvgIpc) is 1.86. The van der Waals surface area contributed by atoms with Gasteiger partial charge in [-0.15, -0.1) is 0 Å². The van der Waals surface area contributed by atoms with Gasteiger partial charge in [0.25, 0.3) is 0 Å². The Labute approximate surface area is 64.6 Å². The highest BCUT2D eigenvalue weighted by Gasteiger charge is 2.32. The lowest BCUT2D eigenvalue weighted by atomic mass is 9.88. The summed E-state index contributed by atoms with van der Waals surface area (Å²) in [6.07, 6.45) is -1.50. The Morgan fingerprint density at radius 2 is 1.91 bits per heavy atom. The van der Waals surface area contributed by atoms with Crippen molar-refractivity contribution in [3.8, 4) is 0 Å². The van der Waals surface area contributed by atoms with Crippen LogP contribution in [0.2, 0.25) is 0 Å². The van der Waals surface area contributed by atoms with Crippen LogP contribution in [-0.2, 0) is 4.79 Å². The standard InChI is InChI=1S/C6H12O4.H2O/c1-6(2,3-7)4(8)5(9)10;/h4,7-8H,3H2,1-2H3,(H,9,10);1H2. The van der Waals surface area contributed by atoms with E-state index >= 15 is 0 Å². The van der Waals surface area contributed by atoms with Crippen LogP contribution < -0.4 is 0 Å². The van der Waals surface area contributed by atoms with E-state index in [9.17, 15) is 4.79 Å². The molecule has 11 heavy (non-hydrogen) atoms. The Bertz CT molecular complexity index is 131. The van der Waals surface area contributed by atoms with E-state index in [1.54, 1.807) is 0 Å². The first-order chi connectivity index (χ1) is 4.41. The third-order valence-corrected chi connectivity index (χ3v) is 1.38. The zero-order chi connectivity index (χ0) is 8.36. The number of carboxylic acids is 1. The molecule has 0 aliphatic carbocycles. The molecule has 0 aliphatic rings. The van der Waals surface area contributed by atoms with Crippen LogP contribution in [0.3, 0.4) is 0 Å². The molecule has 0 saturated carbocycles. The largest absolute Gasteiger partial charge is 0.479 e. The molecule has 5 nitrogen and oxygen atoms in total. The molecule has 0 fully saturated rings. The maximum absolute atomic E-state index is 10.1. The molecule has 0 saturated heterocycles. The molecule has 0 bridgehead atoms. The number of aliphatic carboxylic acids is 1. The lowest BCUT2D eigenvalue weighted by Gasteiger charge is -2.24. The van der Waals surface area contributed by atoms with Crippen LogP contribution in [-0.4, -0.2) is 39.5 Å². The number of aliphatic hydroxyl groups excluding tert-OH is 2. The highest BCUT2D eigenvalue weighted by Crippen LogP contribution is 2.19. The fourth-order valence-corrected chi connectivity index (χ4v) is 0.421. The second kappa shape index (κ2) is 4.27. The quantitative estimate of drug-likeness (QED) is 0.480. The summed E-state index contributed by atoms with van der Waals surface area (Å²) in [5, 5.41) is 25.8. The number of carbonyl (C=O) groups is 1. The first-order valence-electron chi connectivity index (χ1n) is 2.93. The predicted molar refractivity (Wildman–Crippen MR) is 38.1 cm³/mol. The van der Waals surface area contributed by atoms with E-state index in [2.05, 4.69) is 0 Å². The van der Waals surface area contributed by atoms with Gasteiger partial charge in [0, 0.05) is 5.41 Å². The number of hydrogen-bond donors (Lipinski definition) is 3. The van der Waals surface area contributed by atoms with Gasteiger partial charge in [0.2, 0.25) is 0 Å². The molecule has 0 aliphatic heterocycles. The topological polar surface area (TPSA) is 109 Å².